The van der Waals surface area contributed by atoms with Gasteiger partial charge < -0.3 is 5.32 Å². The van der Waals surface area contributed by atoms with Crippen LogP contribution >= 0.6 is 0 Å². The lowest BCUT2D eigenvalue weighted by Crippen LogP contribution is -2.03. The molecule has 0 aliphatic carbocycles. The van der Waals surface area contributed by atoms with Crippen molar-refractivity contribution in [2.45, 2.75) is 20.4 Å². The van der Waals surface area contributed by atoms with Gasteiger partial charge in [0.2, 0.25) is 0 Å². The lowest BCUT2D eigenvalue weighted by atomic mass is 10.1. The first-order chi connectivity index (χ1) is 9.66. The molecule has 0 amide bonds. The van der Waals surface area contributed by atoms with Crippen molar-refractivity contribution in [1.29, 1.82) is 0 Å². The second-order valence-electron chi connectivity index (χ2n) is 5.04. The van der Waals surface area contributed by atoms with Gasteiger partial charge in [-0.2, -0.15) is 5.10 Å². The number of nitrogens with one attached hydrogen (secondary N) is 1. The van der Waals surface area contributed by atoms with Crippen LogP contribution in [0.1, 0.15) is 17.0 Å². The van der Waals surface area contributed by atoms with E-state index in [9.17, 15) is 0 Å². The van der Waals surface area contributed by atoms with E-state index in [0.29, 0.717) is 0 Å². The minimum absolute atomic E-state index is 0.752. The normalized spacial score (nSPS) is 10.9. The summed E-state index contributed by atoms with van der Waals surface area (Å²) in [7, 11) is 1.97. The molecule has 3 aromatic rings. The molecule has 1 aromatic carbocycles. The quantitative estimate of drug-likeness (QED) is 0.791. The summed E-state index contributed by atoms with van der Waals surface area (Å²) in [5.74, 6) is 0. The Hall–Kier alpha value is -2.36. The van der Waals surface area contributed by atoms with Crippen molar-refractivity contribution < 1.29 is 0 Å². The third-order valence-electron chi connectivity index (χ3n) is 3.72. The smallest absolute Gasteiger partial charge is 0.0827 e. The predicted molar refractivity (Wildman–Crippen MR) is 81.8 cm³/mol. The van der Waals surface area contributed by atoms with Gasteiger partial charge in [-0.3, -0.25) is 9.67 Å². The molecular weight excluding hydrogens is 248 g/mol. The van der Waals surface area contributed by atoms with E-state index < -0.39 is 0 Å². The van der Waals surface area contributed by atoms with Gasteiger partial charge in [-0.25, -0.2) is 0 Å². The number of benzene rings is 1. The fraction of sp³-hybridized carbons (Fsp3) is 0.250. The van der Waals surface area contributed by atoms with E-state index in [1.807, 2.05) is 37.1 Å². The highest BCUT2D eigenvalue weighted by molar-refractivity contribution is 5.84. The summed E-state index contributed by atoms with van der Waals surface area (Å²) in [5, 5.41) is 10.3. The van der Waals surface area contributed by atoms with Crippen LogP contribution in [0.4, 0.5) is 5.69 Å². The Labute approximate surface area is 118 Å². The highest BCUT2D eigenvalue weighted by Gasteiger charge is 2.09. The van der Waals surface area contributed by atoms with Gasteiger partial charge in [0.05, 0.1) is 17.1 Å². The summed E-state index contributed by atoms with van der Waals surface area (Å²) in [5.41, 5.74) is 4.49. The molecule has 0 radical (unpaired) electrons. The molecule has 0 atom stereocenters. The van der Waals surface area contributed by atoms with Crippen molar-refractivity contribution in [1.82, 2.24) is 14.8 Å². The van der Waals surface area contributed by atoms with E-state index >= 15 is 0 Å². The largest absolute Gasteiger partial charge is 0.378 e. The highest BCUT2D eigenvalue weighted by Crippen LogP contribution is 2.22. The van der Waals surface area contributed by atoms with E-state index in [2.05, 4.69) is 40.5 Å². The number of aryl methyl sites for hydroxylation is 2. The molecule has 4 nitrogen and oxygen atoms in total. The second-order valence-corrected chi connectivity index (χ2v) is 5.04. The zero-order valence-electron chi connectivity index (χ0n) is 12.0. The molecule has 0 aliphatic heterocycles. The molecule has 102 valence electrons. The number of fused-ring (bicyclic) bond motifs is 1. The number of anilines is 1. The van der Waals surface area contributed by atoms with Gasteiger partial charge in [-0.15, -0.1) is 0 Å². The lowest BCUT2D eigenvalue weighted by Gasteiger charge is -2.09. The first-order valence-corrected chi connectivity index (χ1v) is 6.72. The average Bonchev–Trinajstić information content (AvgIpc) is 2.70. The number of hydrogen-bond acceptors (Lipinski definition) is 3. The highest BCUT2D eigenvalue weighted by atomic mass is 15.3. The van der Waals surface area contributed by atoms with E-state index in [1.54, 1.807) is 0 Å². The Morgan fingerprint density at radius 1 is 1.15 bits per heavy atom. The van der Waals surface area contributed by atoms with E-state index in [1.165, 1.54) is 16.3 Å². The fourth-order valence-corrected chi connectivity index (χ4v) is 2.53. The van der Waals surface area contributed by atoms with Crippen molar-refractivity contribution in [3.05, 3.63) is 53.6 Å². The van der Waals surface area contributed by atoms with Crippen molar-refractivity contribution in [3.8, 4) is 0 Å². The van der Waals surface area contributed by atoms with Crippen LogP contribution in [0.3, 0.4) is 0 Å². The van der Waals surface area contributed by atoms with Crippen LogP contribution in [0.2, 0.25) is 0 Å². The van der Waals surface area contributed by atoms with Gasteiger partial charge in [0.25, 0.3) is 0 Å². The summed E-state index contributed by atoms with van der Waals surface area (Å²) in [6.07, 6.45) is 3.83. The van der Waals surface area contributed by atoms with Gasteiger partial charge in [0, 0.05) is 31.4 Å². The van der Waals surface area contributed by atoms with Crippen LogP contribution in [0.5, 0.6) is 0 Å². The SMILES string of the molecule is Cc1nn(C)c(C)c1NCc1cncc2ccccc12. The minimum atomic E-state index is 0.752. The molecule has 2 heterocycles. The maximum atomic E-state index is 4.42. The zero-order valence-corrected chi connectivity index (χ0v) is 12.0. The molecule has 0 fully saturated rings. The van der Waals surface area contributed by atoms with E-state index in [0.717, 1.165) is 23.6 Å². The van der Waals surface area contributed by atoms with Gasteiger partial charge in [0.1, 0.15) is 0 Å². The van der Waals surface area contributed by atoms with Crippen molar-refractivity contribution in [3.63, 3.8) is 0 Å². The molecular formula is C16H18N4. The molecule has 0 aliphatic rings. The topological polar surface area (TPSA) is 42.7 Å². The summed E-state index contributed by atoms with van der Waals surface area (Å²) in [4.78, 5) is 4.31. The van der Waals surface area contributed by atoms with E-state index in [-0.39, 0.29) is 0 Å². The first kappa shape index (κ1) is 12.7. The number of rotatable bonds is 3. The summed E-state index contributed by atoms with van der Waals surface area (Å²) in [6, 6.07) is 8.33. The van der Waals surface area contributed by atoms with Crippen molar-refractivity contribution in [2.75, 3.05) is 5.32 Å². The first-order valence-electron chi connectivity index (χ1n) is 6.72. The van der Waals surface area contributed by atoms with Crippen LogP contribution in [-0.2, 0) is 13.6 Å². The van der Waals surface area contributed by atoms with Gasteiger partial charge >= 0.3 is 0 Å². The number of aromatic nitrogens is 3. The lowest BCUT2D eigenvalue weighted by molar-refractivity contribution is 0.731. The Morgan fingerprint density at radius 3 is 2.70 bits per heavy atom. The zero-order chi connectivity index (χ0) is 14.1. The standard InChI is InChI=1S/C16H18N4/c1-11-16(12(2)20(3)19-11)18-10-14-9-17-8-13-6-4-5-7-15(13)14/h4-9,18H,10H2,1-3H3. The molecule has 20 heavy (non-hydrogen) atoms. The maximum absolute atomic E-state index is 4.42. The maximum Gasteiger partial charge on any atom is 0.0827 e. The fourth-order valence-electron chi connectivity index (χ4n) is 2.53. The van der Waals surface area contributed by atoms with Gasteiger partial charge in [-0.1, -0.05) is 24.3 Å². The molecule has 0 unspecified atom stereocenters. The Balaban J connectivity index is 1.91. The Morgan fingerprint density at radius 2 is 1.95 bits per heavy atom. The van der Waals surface area contributed by atoms with Crippen LogP contribution < -0.4 is 5.32 Å². The molecule has 4 heteroatoms. The predicted octanol–water partition coefficient (Wildman–Crippen LogP) is 3.20. The van der Waals surface area contributed by atoms with E-state index in [4.69, 9.17) is 0 Å². The van der Waals surface area contributed by atoms with Gasteiger partial charge in [0.15, 0.2) is 0 Å². The molecule has 0 bridgehead atoms. The average molecular weight is 266 g/mol. The Kier molecular flexibility index (Phi) is 3.14. The van der Waals surface area contributed by atoms with Gasteiger partial charge in [-0.05, 0) is 24.8 Å². The second kappa shape index (κ2) is 4.96. The van der Waals surface area contributed by atoms with Crippen LogP contribution in [0.25, 0.3) is 10.8 Å². The van der Waals surface area contributed by atoms with Crippen LogP contribution in [0, 0.1) is 13.8 Å². The molecule has 1 N–H and O–H groups in total. The minimum Gasteiger partial charge on any atom is -0.378 e. The summed E-state index contributed by atoms with van der Waals surface area (Å²) in [6.45, 7) is 4.85. The Bertz CT molecular complexity index is 753. The third kappa shape index (κ3) is 2.13. The monoisotopic (exact) mass is 266 g/mol. The molecule has 0 saturated carbocycles. The molecule has 0 spiro atoms. The molecule has 0 saturated heterocycles. The summed E-state index contributed by atoms with van der Waals surface area (Å²) >= 11 is 0. The molecule has 3 rings (SSSR count). The molecule has 2 aromatic heterocycles. The number of hydrogen-bond donors (Lipinski definition) is 1. The van der Waals surface area contributed by atoms with Crippen molar-refractivity contribution >= 4 is 16.5 Å². The number of pyridine rings is 1. The summed E-state index contributed by atoms with van der Waals surface area (Å²) < 4.78 is 1.90. The van der Waals surface area contributed by atoms with Crippen LogP contribution in [-0.4, -0.2) is 14.8 Å². The third-order valence-corrected chi connectivity index (χ3v) is 3.72. The van der Waals surface area contributed by atoms with Crippen molar-refractivity contribution in [2.24, 2.45) is 7.05 Å². The number of nitrogens with zero attached hydrogens (tertiary/aromatic N) is 3. The van der Waals surface area contributed by atoms with Crippen LogP contribution in [0.15, 0.2) is 36.7 Å².